The molecule has 2 aliphatic rings. The summed E-state index contributed by atoms with van der Waals surface area (Å²) in [7, 11) is 2.06. The van der Waals surface area contributed by atoms with Gasteiger partial charge in [0.05, 0.1) is 0 Å². The van der Waals surface area contributed by atoms with E-state index in [1.54, 1.807) is 0 Å². The van der Waals surface area contributed by atoms with Crippen LogP contribution in [0.2, 0.25) is 0 Å². The molecule has 0 heterocycles. The minimum atomic E-state index is 0.899. The first-order valence-electron chi connectivity index (χ1n) is 6.46. The summed E-state index contributed by atoms with van der Waals surface area (Å²) in [6, 6.07) is 0. The number of nitrogens with zero attached hydrogens (tertiary/aromatic N) is 1. The van der Waals surface area contributed by atoms with Crippen molar-refractivity contribution in [3.8, 4) is 0 Å². The van der Waals surface area contributed by atoms with Gasteiger partial charge in [0.15, 0.2) is 0 Å². The van der Waals surface area contributed by atoms with Crippen LogP contribution in [0.25, 0.3) is 0 Å². The largest absolute Gasteiger partial charge is 0.385 e. The summed E-state index contributed by atoms with van der Waals surface area (Å²) < 4.78 is 0. The van der Waals surface area contributed by atoms with Crippen LogP contribution in [0.3, 0.4) is 0 Å². The van der Waals surface area contributed by atoms with E-state index < -0.39 is 0 Å². The molecule has 1 saturated carbocycles. The lowest BCUT2D eigenvalue weighted by atomic mass is 9.90. The third-order valence-electron chi connectivity index (χ3n) is 3.68. The Morgan fingerprint density at radius 3 is 2.71 bits per heavy atom. The molecule has 0 amide bonds. The second-order valence-corrected chi connectivity index (χ2v) is 4.86. The molecular weight excluding hydrogens is 208 g/mol. The Bertz CT molecular complexity index is 399. The lowest BCUT2D eigenvalue weighted by molar-refractivity contribution is 0.474. The summed E-state index contributed by atoms with van der Waals surface area (Å²) in [5.41, 5.74) is 10.1. The van der Waals surface area contributed by atoms with Crippen LogP contribution in [0.5, 0.6) is 0 Å². The summed E-state index contributed by atoms with van der Waals surface area (Å²) in [4.78, 5) is 2.13. The highest BCUT2D eigenvalue weighted by Gasteiger charge is 2.17. The molecule has 0 unspecified atom stereocenters. The van der Waals surface area contributed by atoms with Crippen LogP contribution in [-0.4, -0.2) is 11.9 Å². The molecule has 2 N–H and O–H groups in total. The fraction of sp³-hybridized carbons (Fsp3) is 0.467. The van der Waals surface area contributed by atoms with Crippen LogP contribution in [-0.2, 0) is 0 Å². The van der Waals surface area contributed by atoms with Crippen LogP contribution in [0, 0.1) is 0 Å². The molecule has 1 fully saturated rings. The molecule has 92 valence electrons. The Balaban J connectivity index is 2.20. The van der Waals surface area contributed by atoms with Gasteiger partial charge in [-0.05, 0) is 55.7 Å². The van der Waals surface area contributed by atoms with Gasteiger partial charge in [0.25, 0.3) is 0 Å². The Morgan fingerprint density at radius 2 is 2.06 bits per heavy atom. The molecule has 0 bridgehead atoms. The van der Waals surface area contributed by atoms with E-state index in [1.807, 2.05) is 0 Å². The second kappa shape index (κ2) is 5.26. The van der Waals surface area contributed by atoms with Gasteiger partial charge in [0.2, 0.25) is 0 Å². The van der Waals surface area contributed by atoms with Gasteiger partial charge in [0, 0.05) is 12.7 Å². The van der Waals surface area contributed by atoms with Crippen molar-refractivity contribution in [2.75, 3.05) is 7.05 Å². The van der Waals surface area contributed by atoms with E-state index in [0.717, 1.165) is 31.5 Å². The molecule has 0 aromatic heterocycles. The Kier molecular flexibility index (Phi) is 3.72. The van der Waals surface area contributed by atoms with Crippen LogP contribution in [0.1, 0.15) is 38.5 Å². The van der Waals surface area contributed by atoms with Crippen molar-refractivity contribution in [1.29, 1.82) is 0 Å². The fourth-order valence-electron chi connectivity index (χ4n) is 2.50. The molecule has 17 heavy (non-hydrogen) atoms. The number of hydrogen-bond donors (Lipinski definition) is 1. The van der Waals surface area contributed by atoms with Gasteiger partial charge in [-0.3, -0.25) is 0 Å². The van der Waals surface area contributed by atoms with E-state index in [2.05, 4.69) is 36.8 Å². The molecule has 0 spiro atoms. The Labute approximate surface area is 104 Å². The van der Waals surface area contributed by atoms with Crippen molar-refractivity contribution < 1.29 is 0 Å². The van der Waals surface area contributed by atoms with Crippen molar-refractivity contribution >= 4 is 0 Å². The summed E-state index contributed by atoms with van der Waals surface area (Å²) in [6.07, 6.45) is 13.3. The van der Waals surface area contributed by atoms with Crippen LogP contribution in [0.15, 0.2) is 47.5 Å². The topological polar surface area (TPSA) is 29.3 Å². The minimum absolute atomic E-state index is 0.899. The molecule has 2 nitrogen and oxygen atoms in total. The Hall–Kier alpha value is -1.44. The van der Waals surface area contributed by atoms with Gasteiger partial charge >= 0.3 is 0 Å². The second-order valence-electron chi connectivity index (χ2n) is 4.86. The summed E-state index contributed by atoms with van der Waals surface area (Å²) in [5, 5.41) is 0. The lowest BCUT2D eigenvalue weighted by Gasteiger charge is -2.28. The molecule has 0 radical (unpaired) electrons. The lowest BCUT2D eigenvalue weighted by Crippen LogP contribution is -2.26. The number of hydrogen-bond acceptors (Lipinski definition) is 2. The molecule has 0 aromatic carbocycles. The molecule has 0 aromatic rings. The van der Waals surface area contributed by atoms with Crippen LogP contribution in [0.4, 0.5) is 0 Å². The predicted molar refractivity (Wildman–Crippen MR) is 73.0 cm³/mol. The van der Waals surface area contributed by atoms with Crippen LogP contribution >= 0.6 is 0 Å². The van der Waals surface area contributed by atoms with E-state index in [4.69, 9.17) is 5.73 Å². The smallest absolute Gasteiger partial charge is 0.106 e. The first-order chi connectivity index (χ1) is 8.20. The first kappa shape index (κ1) is 12.0. The number of allylic oxidation sites excluding steroid dienone is 6. The molecule has 0 atom stereocenters. The average molecular weight is 230 g/mol. The van der Waals surface area contributed by atoms with Crippen molar-refractivity contribution in [3.63, 3.8) is 0 Å². The maximum atomic E-state index is 6.29. The van der Waals surface area contributed by atoms with E-state index >= 15 is 0 Å². The number of nitrogens with two attached hydrogens (primary N) is 1. The van der Waals surface area contributed by atoms with Crippen molar-refractivity contribution in [3.05, 3.63) is 47.5 Å². The SMILES string of the molecule is C=C1CCCC/C1=C(\N)N(C)C1=CC=CCC1. The molecule has 2 heteroatoms. The van der Waals surface area contributed by atoms with Gasteiger partial charge in [-0.2, -0.15) is 0 Å². The molecular formula is C15H22N2. The highest BCUT2D eigenvalue weighted by molar-refractivity contribution is 5.35. The van der Waals surface area contributed by atoms with E-state index in [9.17, 15) is 0 Å². The molecule has 0 saturated heterocycles. The summed E-state index contributed by atoms with van der Waals surface area (Å²) >= 11 is 0. The molecule has 0 aliphatic heterocycles. The van der Waals surface area contributed by atoms with Gasteiger partial charge in [0.1, 0.15) is 5.82 Å². The van der Waals surface area contributed by atoms with Crippen molar-refractivity contribution in [2.24, 2.45) is 5.73 Å². The van der Waals surface area contributed by atoms with Crippen molar-refractivity contribution in [2.45, 2.75) is 38.5 Å². The Morgan fingerprint density at radius 1 is 1.29 bits per heavy atom. The van der Waals surface area contributed by atoms with Gasteiger partial charge in [-0.1, -0.05) is 18.7 Å². The summed E-state index contributed by atoms with van der Waals surface area (Å²) in [6.45, 7) is 4.15. The van der Waals surface area contributed by atoms with Crippen LogP contribution < -0.4 is 5.73 Å². The van der Waals surface area contributed by atoms with E-state index in [0.29, 0.717) is 0 Å². The number of rotatable bonds is 2. The third kappa shape index (κ3) is 2.63. The minimum Gasteiger partial charge on any atom is -0.385 e. The van der Waals surface area contributed by atoms with Crippen molar-refractivity contribution in [1.82, 2.24) is 4.90 Å². The third-order valence-corrected chi connectivity index (χ3v) is 3.68. The highest BCUT2D eigenvalue weighted by atomic mass is 15.2. The zero-order valence-electron chi connectivity index (χ0n) is 10.7. The molecule has 2 aliphatic carbocycles. The van der Waals surface area contributed by atoms with E-state index in [1.165, 1.54) is 29.7 Å². The van der Waals surface area contributed by atoms with Gasteiger partial charge in [-0.15, -0.1) is 0 Å². The standard InChI is InChI=1S/C15H22N2/c1-12-8-6-7-11-14(12)15(16)17(2)13-9-4-3-5-10-13/h3-4,9H,1,5-8,10-11,16H2,2H3/b15-14-. The predicted octanol–water partition coefficient (Wildman–Crippen LogP) is 3.45. The maximum absolute atomic E-state index is 6.29. The zero-order valence-corrected chi connectivity index (χ0v) is 10.7. The van der Waals surface area contributed by atoms with Gasteiger partial charge < -0.3 is 10.6 Å². The quantitative estimate of drug-likeness (QED) is 0.787. The average Bonchev–Trinajstić information content (AvgIpc) is 2.39. The monoisotopic (exact) mass is 230 g/mol. The zero-order chi connectivity index (χ0) is 12.3. The summed E-state index contributed by atoms with van der Waals surface area (Å²) in [5.74, 6) is 0.899. The van der Waals surface area contributed by atoms with Gasteiger partial charge in [-0.25, -0.2) is 0 Å². The highest BCUT2D eigenvalue weighted by Crippen LogP contribution is 2.30. The fourth-order valence-corrected chi connectivity index (χ4v) is 2.50. The first-order valence-corrected chi connectivity index (χ1v) is 6.46. The van der Waals surface area contributed by atoms with E-state index in [-0.39, 0.29) is 0 Å². The maximum Gasteiger partial charge on any atom is 0.106 e. The normalized spacial score (nSPS) is 23.4. The molecule has 2 rings (SSSR count).